The van der Waals surface area contributed by atoms with Gasteiger partial charge in [0.1, 0.15) is 0 Å². The minimum absolute atomic E-state index is 0.144. The van der Waals surface area contributed by atoms with Crippen LogP contribution in [-0.4, -0.2) is 50.7 Å². The summed E-state index contributed by atoms with van der Waals surface area (Å²) in [5, 5.41) is 3.45. The Morgan fingerprint density at radius 2 is 2.06 bits per heavy atom. The molecule has 0 amide bonds. The molecule has 4 unspecified atom stereocenters. The van der Waals surface area contributed by atoms with Gasteiger partial charge < -0.3 is 19.5 Å². The molecule has 0 aromatic heterocycles. The van der Waals surface area contributed by atoms with Gasteiger partial charge in [0.15, 0.2) is 0 Å². The fourth-order valence-electron chi connectivity index (χ4n) is 2.28. The Bertz CT molecular complexity index is 213. The maximum absolute atomic E-state index is 5.98. The van der Waals surface area contributed by atoms with Crippen LogP contribution in [0.1, 0.15) is 40.5 Å². The Morgan fingerprint density at radius 3 is 2.67 bits per heavy atom. The van der Waals surface area contributed by atoms with E-state index in [1.807, 2.05) is 6.92 Å². The zero-order valence-electron chi connectivity index (χ0n) is 12.3. The van der Waals surface area contributed by atoms with Gasteiger partial charge in [-0.2, -0.15) is 0 Å². The van der Waals surface area contributed by atoms with Crippen LogP contribution >= 0.6 is 0 Å². The van der Waals surface area contributed by atoms with Crippen LogP contribution in [-0.2, 0) is 14.2 Å². The molecule has 1 saturated carbocycles. The molecule has 0 aliphatic heterocycles. The highest BCUT2D eigenvalue weighted by atomic mass is 16.6. The van der Waals surface area contributed by atoms with Crippen molar-refractivity contribution in [3.63, 3.8) is 0 Å². The Morgan fingerprint density at radius 1 is 1.28 bits per heavy atom. The highest BCUT2D eigenvalue weighted by Crippen LogP contribution is 2.28. The third kappa shape index (κ3) is 4.84. The molecule has 0 bridgehead atoms. The first-order valence-corrected chi connectivity index (χ1v) is 7.31. The van der Waals surface area contributed by atoms with E-state index in [0.29, 0.717) is 12.6 Å². The highest BCUT2D eigenvalue weighted by Gasteiger charge is 2.42. The van der Waals surface area contributed by atoms with E-state index < -0.39 is 0 Å². The van der Waals surface area contributed by atoms with E-state index in [4.69, 9.17) is 14.2 Å². The van der Waals surface area contributed by atoms with Crippen molar-refractivity contribution < 1.29 is 14.2 Å². The summed E-state index contributed by atoms with van der Waals surface area (Å²) >= 11 is 0. The number of hydrogen-bond donors (Lipinski definition) is 1. The maximum Gasteiger partial charge on any atom is 0.0990 e. The van der Waals surface area contributed by atoms with Crippen LogP contribution in [0.15, 0.2) is 0 Å². The van der Waals surface area contributed by atoms with Gasteiger partial charge in [-0.3, -0.25) is 0 Å². The molecule has 108 valence electrons. The van der Waals surface area contributed by atoms with Gasteiger partial charge in [-0.15, -0.1) is 0 Å². The fraction of sp³-hybridized carbons (Fsp3) is 1.00. The second-order valence-electron chi connectivity index (χ2n) is 4.88. The van der Waals surface area contributed by atoms with Crippen LogP contribution in [0.5, 0.6) is 0 Å². The molecule has 18 heavy (non-hydrogen) atoms. The average Bonchev–Trinajstić information content (AvgIpc) is 2.35. The standard InChI is InChI=1S/C14H29NO3/c1-5-8-17-14-12(15-6-2)9-13(14)18-11(4)10-16-7-3/h11-15H,5-10H2,1-4H3. The minimum Gasteiger partial charge on any atom is -0.379 e. The van der Waals surface area contributed by atoms with Gasteiger partial charge in [0.25, 0.3) is 0 Å². The van der Waals surface area contributed by atoms with Gasteiger partial charge in [0, 0.05) is 19.3 Å². The van der Waals surface area contributed by atoms with E-state index >= 15 is 0 Å². The zero-order chi connectivity index (χ0) is 13.4. The number of nitrogens with one attached hydrogen (secondary N) is 1. The molecule has 4 heteroatoms. The van der Waals surface area contributed by atoms with Crippen LogP contribution in [0.2, 0.25) is 0 Å². The molecule has 0 aromatic carbocycles. The average molecular weight is 259 g/mol. The third-order valence-electron chi connectivity index (χ3n) is 3.19. The Hall–Kier alpha value is -0.160. The van der Waals surface area contributed by atoms with Crippen molar-refractivity contribution in [3.8, 4) is 0 Å². The van der Waals surface area contributed by atoms with Crippen LogP contribution in [0.25, 0.3) is 0 Å². The van der Waals surface area contributed by atoms with E-state index in [-0.39, 0.29) is 18.3 Å². The van der Waals surface area contributed by atoms with Crippen LogP contribution in [0, 0.1) is 0 Å². The quantitative estimate of drug-likeness (QED) is 0.651. The second kappa shape index (κ2) is 8.86. The van der Waals surface area contributed by atoms with Gasteiger partial charge in [-0.1, -0.05) is 13.8 Å². The summed E-state index contributed by atoms with van der Waals surface area (Å²) in [5.74, 6) is 0. The Kier molecular flexibility index (Phi) is 7.82. The van der Waals surface area contributed by atoms with E-state index in [1.165, 1.54) is 0 Å². The molecule has 0 radical (unpaired) electrons. The van der Waals surface area contributed by atoms with Crippen molar-refractivity contribution in [2.45, 2.75) is 64.9 Å². The first kappa shape index (κ1) is 15.9. The molecule has 4 atom stereocenters. The summed E-state index contributed by atoms with van der Waals surface area (Å²) in [6.45, 7) is 11.5. The molecule has 0 aromatic rings. The molecule has 1 fully saturated rings. The molecule has 0 heterocycles. The highest BCUT2D eigenvalue weighted by molar-refractivity contribution is 4.97. The minimum atomic E-state index is 0.144. The zero-order valence-corrected chi connectivity index (χ0v) is 12.3. The predicted molar refractivity (Wildman–Crippen MR) is 72.9 cm³/mol. The smallest absolute Gasteiger partial charge is 0.0990 e. The molecule has 1 rings (SSSR count). The van der Waals surface area contributed by atoms with Crippen LogP contribution < -0.4 is 5.32 Å². The molecule has 0 spiro atoms. The molecule has 1 aliphatic rings. The summed E-state index contributed by atoms with van der Waals surface area (Å²) in [6, 6.07) is 0.450. The summed E-state index contributed by atoms with van der Waals surface area (Å²) in [4.78, 5) is 0. The number of likely N-dealkylation sites (N-methyl/N-ethyl adjacent to an activating group) is 1. The molecule has 0 saturated heterocycles. The largest absolute Gasteiger partial charge is 0.379 e. The Labute approximate surface area is 111 Å². The molecule has 1 aliphatic carbocycles. The number of rotatable bonds is 10. The first-order chi connectivity index (χ1) is 8.72. The molecule has 1 N–H and O–H groups in total. The third-order valence-corrected chi connectivity index (χ3v) is 3.19. The lowest BCUT2D eigenvalue weighted by atomic mass is 9.85. The topological polar surface area (TPSA) is 39.7 Å². The van der Waals surface area contributed by atoms with Gasteiger partial charge in [0.05, 0.1) is 24.9 Å². The number of ether oxygens (including phenoxy) is 3. The Balaban J connectivity index is 2.30. The van der Waals surface area contributed by atoms with Gasteiger partial charge >= 0.3 is 0 Å². The summed E-state index contributed by atoms with van der Waals surface area (Å²) in [7, 11) is 0. The molecular weight excluding hydrogens is 230 g/mol. The summed E-state index contributed by atoms with van der Waals surface area (Å²) in [5.41, 5.74) is 0. The lowest BCUT2D eigenvalue weighted by molar-refractivity contribution is -0.173. The van der Waals surface area contributed by atoms with E-state index in [0.717, 1.165) is 32.6 Å². The van der Waals surface area contributed by atoms with Crippen molar-refractivity contribution >= 4 is 0 Å². The number of hydrogen-bond acceptors (Lipinski definition) is 4. The van der Waals surface area contributed by atoms with Crippen molar-refractivity contribution in [2.24, 2.45) is 0 Å². The lowest BCUT2D eigenvalue weighted by Crippen LogP contribution is -2.60. The van der Waals surface area contributed by atoms with Gasteiger partial charge in [0.2, 0.25) is 0 Å². The monoisotopic (exact) mass is 259 g/mol. The van der Waals surface area contributed by atoms with Crippen LogP contribution in [0.3, 0.4) is 0 Å². The van der Waals surface area contributed by atoms with Crippen molar-refractivity contribution in [3.05, 3.63) is 0 Å². The van der Waals surface area contributed by atoms with Crippen molar-refractivity contribution in [2.75, 3.05) is 26.4 Å². The van der Waals surface area contributed by atoms with Crippen LogP contribution in [0.4, 0.5) is 0 Å². The van der Waals surface area contributed by atoms with Gasteiger partial charge in [-0.25, -0.2) is 0 Å². The van der Waals surface area contributed by atoms with Crippen molar-refractivity contribution in [1.82, 2.24) is 5.32 Å². The van der Waals surface area contributed by atoms with E-state index in [2.05, 4.69) is 26.1 Å². The normalized spacial score (nSPS) is 29.0. The molecule has 4 nitrogen and oxygen atoms in total. The summed E-state index contributed by atoms with van der Waals surface area (Å²) < 4.78 is 17.2. The van der Waals surface area contributed by atoms with E-state index in [9.17, 15) is 0 Å². The van der Waals surface area contributed by atoms with Crippen molar-refractivity contribution in [1.29, 1.82) is 0 Å². The second-order valence-corrected chi connectivity index (χ2v) is 4.88. The summed E-state index contributed by atoms with van der Waals surface area (Å²) in [6.07, 6.45) is 2.66. The van der Waals surface area contributed by atoms with Gasteiger partial charge in [-0.05, 0) is 33.2 Å². The first-order valence-electron chi connectivity index (χ1n) is 7.31. The lowest BCUT2D eigenvalue weighted by Gasteiger charge is -2.45. The molecular formula is C14H29NO3. The predicted octanol–water partition coefficient (Wildman–Crippen LogP) is 1.97. The fourth-order valence-corrected chi connectivity index (χ4v) is 2.28. The van der Waals surface area contributed by atoms with E-state index in [1.54, 1.807) is 0 Å². The maximum atomic E-state index is 5.98. The SMILES string of the molecule is CCCOC1C(NCC)CC1OC(C)COCC.